The Bertz CT molecular complexity index is 920. The minimum atomic E-state index is -3.13. The molecule has 27 heavy (non-hydrogen) atoms. The molecule has 6 nitrogen and oxygen atoms in total. The molecule has 2 aromatic rings. The van der Waals surface area contributed by atoms with Crippen LogP contribution in [-0.2, 0) is 16.4 Å². The summed E-state index contributed by atoms with van der Waals surface area (Å²) in [7, 11) is -3.13. The first kappa shape index (κ1) is 19.8. The molecule has 0 unspecified atom stereocenters. The van der Waals surface area contributed by atoms with E-state index >= 15 is 0 Å². The molecule has 0 radical (unpaired) electrons. The summed E-state index contributed by atoms with van der Waals surface area (Å²) < 4.78 is 25.8. The average Bonchev–Trinajstić information content (AvgIpc) is 2.64. The summed E-state index contributed by atoms with van der Waals surface area (Å²) in [5.41, 5.74) is 4.58. The van der Waals surface area contributed by atoms with Crippen LogP contribution in [0, 0.1) is 20.8 Å². The zero-order chi connectivity index (χ0) is 19.6. The van der Waals surface area contributed by atoms with Crippen LogP contribution in [0.1, 0.15) is 35.1 Å². The summed E-state index contributed by atoms with van der Waals surface area (Å²) in [4.78, 5) is 11.5. The lowest BCUT2D eigenvalue weighted by Gasteiger charge is -2.35. The minimum Gasteiger partial charge on any atom is -0.354 e. The molecule has 7 heteroatoms. The van der Waals surface area contributed by atoms with Crippen LogP contribution in [0.4, 0.5) is 5.82 Å². The van der Waals surface area contributed by atoms with Gasteiger partial charge in [-0.1, -0.05) is 29.8 Å². The first-order valence-corrected chi connectivity index (χ1v) is 11.0. The van der Waals surface area contributed by atoms with E-state index in [2.05, 4.69) is 41.1 Å². The maximum Gasteiger partial charge on any atom is 0.213 e. The van der Waals surface area contributed by atoms with Crippen LogP contribution >= 0.6 is 0 Å². The first-order valence-electron chi connectivity index (χ1n) is 9.42. The molecule has 0 saturated carbocycles. The van der Waals surface area contributed by atoms with Crippen molar-refractivity contribution >= 4 is 15.8 Å². The molecular formula is C20H28N4O2S. The Morgan fingerprint density at radius 1 is 1.04 bits per heavy atom. The van der Waals surface area contributed by atoms with Gasteiger partial charge in [-0.05, 0) is 33.3 Å². The number of aromatic nitrogens is 2. The second kappa shape index (κ2) is 7.94. The van der Waals surface area contributed by atoms with Gasteiger partial charge >= 0.3 is 0 Å². The van der Waals surface area contributed by atoms with Crippen molar-refractivity contribution < 1.29 is 8.42 Å². The van der Waals surface area contributed by atoms with Gasteiger partial charge in [0.2, 0.25) is 10.0 Å². The molecule has 1 aliphatic rings. The molecule has 0 aliphatic carbocycles. The van der Waals surface area contributed by atoms with Crippen LogP contribution in [0.15, 0.2) is 24.3 Å². The summed E-state index contributed by atoms with van der Waals surface area (Å²) >= 11 is 0. The van der Waals surface area contributed by atoms with Gasteiger partial charge in [-0.25, -0.2) is 18.4 Å². The maximum atomic E-state index is 12.1. The highest BCUT2D eigenvalue weighted by Gasteiger charge is 2.27. The largest absolute Gasteiger partial charge is 0.354 e. The predicted octanol–water partition coefficient (Wildman–Crippen LogP) is 2.46. The topological polar surface area (TPSA) is 66.4 Å². The van der Waals surface area contributed by atoms with Crippen molar-refractivity contribution in [1.82, 2.24) is 14.3 Å². The number of rotatable bonds is 5. The molecule has 0 atom stereocenters. The predicted molar refractivity (Wildman–Crippen MR) is 109 cm³/mol. The van der Waals surface area contributed by atoms with Crippen LogP contribution in [0.3, 0.4) is 0 Å². The SMILES string of the molecule is CCS(=O)(=O)N1CCN(c2nc(C)nc(C)c2Cc2cccc(C)c2)CC1. The van der Waals surface area contributed by atoms with Crippen molar-refractivity contribution in [2.75, 3.05) is 36.8 Å². The summed E-state index contributed by atoms with van der Waals surface area (Å²) in [6, 6.07) is 8.48. The molecule has 0 amide bonds. The fourth-order valence-electron chi connectivity index (χ4n) is 3.57. The third kappa shape index (κ3) is 4.47. The van der Waals surface area contributed by atoms with Gasteiger partial charge in [0.25, 0.3) is 0 Å². The standard InChI is InChI=1S/C20H28N4O2S/c1-5-27(25,26)24-11-9-23(10-12-24)20-19(16(3)21-17(4)22-20)14-18-8-6-7-15(2)13-18/h6-8,13H,5,9-12,14H2,1-4H3. The first-order chi connectivity index (χ1) is 12.8. The van der Waals surface area contributed by atoms with Gasteiger partial charge in [0.15, 0.2) is 0 Å². The molecule has 1 aliphatic heterocycles. The van der Waals surface area contributed by atoms with Gasteiger partial charge in [0, 0.05) is 43.9 Å². The van der Waals surface area contributed by atoms with Crippen LogP contribution in [0.2, 0.25) is 0 Å². The molecule has 1 aromatic heterocycles. The lowest BCUT2D eigenvalue weighted by molar-refractivity contribution is 0.384. The molecule has 0 N–H and O–H groups in total. The zero-order valence-electron chi connectivity index (χ0n) is 16.6. The van der Waals surface area contributed by atoms with Gasteiger partial charge in [0.1, 0.15) is 11.6 Å². The quantitative estimate of drug-likeness (QED) is 0.787. The normalized spacial score (nSPS) is 15.9. The van der Waals surface area contributed by atoms with Crippen LogP contribution in [0.5, 0.6) is 0 Å². The van der Waals surface area contributed by atoms with Crippen LogP contribution in [0.25, 0.3) is 0 Å². The third-order valence-electron chi connectivity index (χ3n) is 5.06. The summed E-state index contributed by atoms with van der Waals surface area (Å²) in [6.07, 6.45) is 0.774. The van der Waals surface area contributed by atoms with E-state index in [0.29, 0.717) is 26.2 Å². The van der Waals surface area contributed by atoms with Crippen molar-refractivity contribution in [1.29, 1.82) is 0 Å². The van der Waals surface area contributed by atoms with E-state index in [-0.39, 0.29) is 5.75 Å². The maximum absolute atomic E-state index is 12.1. The zero-order valence-corrected chi connectivity index (χ0v) is 17.4. The third-order valence-corrected chi connectivity index (χ3v) is 6.95. The van der Waals surface area contributed by atoms with Crippen molar-refractivity contribution in [3.05, 3.63) is 52.5 Å². The Morgan fingerprint density at radius 3 is 2.37 bits per heavy atom. The summed E-state index contributed by atoms with van der Waals surface area (Å²) in [5, 5.41) is 0. The number of nitrogens with zero attached hydrogens (tertiary/aromatic N) is 4. The number of sulfonamides is 1. The highest BCUT2D eigenvalue weighted by Crippen LogP contribution is 2.25. The van der Waals surface area contributed by atoms with Gasteiger partial charge < -0.3 is 4.90 Å². The van der Waals surface area contributed by atoms with Crippen molar-refractivity contribution in [2.24, 2.45) is 0 Å². The number of aryl methyl sites for hydroxylation is 3. The fraction of sp³-hybridized carbons (Fsp3) is 0.500. The van der Waals surface area contributed by atoms with Crippen LogP contribution < -0.4 is 4.90 Å². The van der Waals surface area contributed by atoms with Crippen molar-refractivity contribution in [3.63, 3.8) is 0 Å². The molecule has 1 aromatic carbocycles. The summed E-state index contributed by atoms with van der Waals surface area (Å²) in [5.74, 6) is 1.84. The smallest absolute Gasteiger partial charge is 0.213 e. The minimum absolute atomic E-state index is 0.150. The number of hydrogen-bond donors (Lipinski definition) is 0. The Balaban J connectivity index is 1.87. The number of hydrogen-bond acceptors (Lipinski definition) is 5. The molecule has 3 rings (SSSR count). The van der Waals surface area contributed by atoms with E-state index in [1.807, 2.05) is 13.8 Å². The Kier molecular flexibility index (Phi) is 5.81. The summed E-state index contributed by atoms with van der Waals surface area (Å²) in [6.45, 7) is 10.0. The van der Waals surface area contributed by atoms with E-state index in [4.69, 9.17) is 4.98 Å². The Labute approximate surface area is 162 Å². The van der Waals surface area contributed by atoms with E-state index in [1.54, 1.807) is 11.2 Å². The molecular weight excluding hydrogens is 360 g/mol. The lowest BCUT2D eigenvalue weighted by atomic mass is 10.0. The average molecular weight is 389 g/mol. The van der Waals surface area contributed by atoms with E-state index in [9.17, 15) is 8.42 Å². The van der Waals surface area contributed by atoms with Gasteiger partial charge in [0.05, 0.1) is 5.75 Å². The second-order valence-electron chi connectivity index (χ2n) is 7.11. The molecule has 0 bridgehead atoms. The molecule has 2 heterocycles. The van der Waals surface area contributed by atoms with Gasteiger partial charge in [-0.15, -0.1) is 0 Å². The molecule has 146 valence electrons. The monoisotopic (exact) mass is 388 g/mol. The van der Waals surface area contributed by atoms with Gasteiger partial charge in [-0.2, -0.15) is 4.31 Å². The lowest BCUT2D eigenvalue weighted by Crippen LogP contribution is -2.49. The van der Waals surface area contributed by atoms with E-state index in [0.717, 1.165) is 29.3 Å². The number of piperazine rings is 1. The Hall–Kier alpha value is -1.99. The second-order valence-corrected chi connectivity index (χ2v) is 9.37. The van der Waals surface area contributed by atoms with Crippen molar-refractivity contribution in [3.8, 4) is 0 Å². The van der Waals surface area contributed by atoms with Gasteiger partial charge in [-0.3, -0.25) is 0 Å². The highest BCUT2D eigenvalue weighted by molar-refractivity contribution is 7.89. The molecule has 1 saturated heterocycles. The number of benzene rings is 1. The number of anilines is 1. The van der Waals surface area contributed by atoms with Crippen LogP contribution in [-0.4, -0.2) is 54.6 Å². The van der Waals surface area contributed by atoms with E-state index in [1.165, 1.54) is 11.1 Å². The molecule has 0 spiro atoms. The fourth-order valence-corrected chi connectivity index (χ4v) is 4.66. The highest BCUT2D eigenvalue weighted by atomic mass is 32.2. The molecule has 1 fully saturated rings. The Morgan fingerprint density at radius 2 is 1.74 bits per heavy atom. The van der Waals surface area contributed by atoms with Crippen molar-refractivity contribution in [2.45, 2.75) is 34.1 Å². The van der Waals surface area contributed by atoms with E-state index < -0.39 is 10.0 Å².